The van der Waals surface area contributed by atoms with Crippen LogP contribution in [0.1, 0.15) is 11.1 Å². The standard InChI is InChI=1S/C18H11F3N2O/c1-24-17-16(11-5-4-6-12(9-11)18(19,20)21)14(10-22)13-7-2-3-8-15(13)23-17/h2-9H,1H3. The highest BCUT2D eigenvalue weighted by atomic mass is 19.4. The van der Waals surface area contributed by atoms with Crippen molar-refractivity contribution in [2.24, 2.45) is 0 Å². The molecule has 2 aromatic carbocycles. The second-order valence-electron chi connectivity index (χ2n) is 5.08. The highest BCUT2D eigenvalue weighted by Crippen LogP contribution is 2.38. The maximum atomic E-state index is 13.0. The summed E-state index contributed by atoms with van der Waals surface area (Å²) in [5.74, 6) is 0.115. The summed E-state index contributed by atoms with van der Waals surface area (Å²) in [4.78, 5) is 4.32. The lowest BCUT2D eigenvalue weighted by atomic mass is 9.96. The third-order valence-electron chi connectivity index (χ3n) is 3.64. The lowest BCUT2D eigenvalue weighted by molar-refractivity contribution is -0.137. The van der Waals surface area contributed by atoms with Gasteiger partial charge < -0.3 is 4.74 Å². The van der Waals surface area contributed by atoms with E-state index in [4.69, 9.17) is 4.74 Å². The van der Waals surface area contributed by atoms with E-state index in [0.29, 0.717) is 10.9 Å². The Kier molecular flexibility index (Phi) is 3.86. The van der Waals surface area contributed by atoms with Crippen LogP contribution >= 0.6 is 0 Å². The van der Waals surface area contributed by atoms with Gasteiger partial charge in [0.05, 0.1) is 29.3 Å². The van der Waals surface area contributed by atoms with Gasteiger partial charge in [0.25, 0.3) is 0 Å². The molecule has 1 aromatic heterocycles. The number of ether oxygens (including phenoxy) is 1. The van der Waals surface area contributed by atoms with Gasteiger partial charge in [0.15, 0.2) is 0 Å². The molecule has 0 bridgehead atoms. The molecule has 0 spiro atoms. The molecule has 0 radical (unpaired) electrons. The van der Waals surface area contributed by atoms with E-state index in [9.17, 15) is 18.4 Å². The fraction of sp³-hybridized carbons (Fsp3) is 0.111. The molecule has 0 atom stereocenters. The zero-order valence-corrected chi connectivity index (χ0v) is 12.6. The summed E-state index contributed by atoms with van der Waals surface area (Å²) in [5.41, 5.74) is 0.471. The monoisotopic (exact) mass is 328 g/mol. The molecule has 3 nitrogen and oxygen atoms in total. The lowest BCUT2D eigenvalue weighted by Gasteiger charge is -2.14. The summed E-state index contributed by atoms with van der Waals surface area (Å²) in [7, 11) is 1.37. The van der Waals surface area contributed by atoms with Crippen molar-refractivity contribution in [1.82, 2.24) is 4.98 Å². The average molecular weight is 328 g/mol. The van der Waals surface area contributed by atoms with Crippen molar-refractivity contribution < 1.29 is 17.9 Å². The number of methoxy groups -OCH3 is 1. The summed E-state index contributed by atoms with van der Waals surface area (Å²) < 4.78 is 44.2. The third kappa shape index (κ3) is 2.65. The molecule has 3 rings (SSSR count). The van der Waals surface area contributed by atoms with Crippen LogP contribution in [-0.4, -0.2) is 12.1 Å². The normalized spacial score (nSPS) is 11.3. The van der Waals surface area contributed by atoms with Crippen LogP contribution in [0.2, 0.25) is 0 Å². The Morgan fingerprint density at radius 2 is 1.83 bits per heavy atom. The van der Waals surface area contributed by atoms with Crippen LogP contribution in [0.4, 0.5) is 13.2 Å². The van der Waals surface area contributed by atoms with Crippen LogP contribution in [0.25, 0.3) is 22.0 Å². The predicted octanol–water partition coefficient (Wildman–Crippen LogP) is 4.80. The maximum Gasteiger partial charge on any atom is 0.416 e. The van der Waals surface area contributed by atoms with Gasteiger partial charge in [-0.1, -0.05) is 30.3 Å². The molecular weight excluding hydrogens is 317 g/mol. The smallest absolute Gasteiger partial charge is 0.416 e. The summed E-state index contributed by atoms with van der Waals surface area (Å²) in [5, 5.41) is 10.1. The van der Waals surface area contributed by atoms with E-state index in [1.807, 2.05) is 0 Å². The number of fused-ring (bicyclic) bond motifs is 1. The van der Waals surface area contributed by atoms with Crippen molar-refractivity contribution >= 4 is 10.9 Å². The van der Waals surface area contributed by atoms with E-state index in [1.165, 1.54) is 19.2 Å². The van der Waals surface area contributed by atoms with Crippen molar-refractivity contribution in [2.45, 2.75) is 6.18 Å². The van der Waals surface area contributed by atoms with Crippen LogP contribution in [0.5, 0.6) is 5.88 Å². The van der Waals surface area contributed by atoms with Crippen molar-refractivity contribution in [3.05, 3.63) is 59.7 Å². The molecule has 0 aliphatic carbocycles. The average Bonchev–Trinajstić information content (AvgIpc) is 2.59. The number of hydrogen-bond donors (Lipinski definition) is 0. The molecule has 0 aliphatic heterocycles. The Bertz CT molecular complexity index is 959. The molecule has 0 saturated heterocycles. The Morgan fingerprint density at radius 1 is 1.08 bits per heavy atom. The third-order valence-corrected chi connectivity index (χ3v) is 3.64. The molecule has 120 valence electrons. The van der Waals surface area contributed by atoms with Crippen LogP contribution in [0.15, 0.2) is 48.5 Å². The number of aromatic nitrogens is 1. The molecule has 1 heterocycles. The number of halogens is 3. The zero-order chi connectivity index (χ0) is 17.3. The van der Waals surface area contributed by atoms with Gasteiger partial charge in [-0.25, -0.2) is 4.98 Å². The summed E-state index contributed by atoms with van der Waals surface area (Å²) in [6.45, 7) is 0. The fourth-order valence-corrected chi connectivity index (χ4v) is 2.57. The first-order valence-electron chi connectivity index (χ1n) is 7.00. The van der Waals surface area contributed by atoms with Gasteiger partial charge in [0.1, 0.15) is 6.07 Å². The van der Waals surface area contributed by atoms with E-state index in [1.54, 1.807) is 24.3 Å². The first-order chi connectivity index (χ1) is 11.5. The Labute approximate surface area is 135 Å². The molecule has 3 aromatic rings. The largest absolute Gasteiger partial charge is 0.480 e. The van der Waals surface area contributed by atoms with Crippen molar-refractivity contribution in [2.75, 3.05) is 7.11 Å². The van der Waals surface area contributed by atoms with Gasteiger partial charge >= 0.3 is 6.18 Å². The number of para-hydroxylation sites is 1. The number of nitriles is 1. The second kappa shape index (κ2) is 5.85. The summed E-state index contributed by atoms with van der Waals surface area (Å²) in [6, 6.07) is 13.8. The minimum atomic E-state index is -4.47. The lowest BCUT2D eigenvalue weighted by Crippen LogP contribution is -2.05. The Hall–Kier alpha value is -3.07. The highest BCUT2D eigenvalue weighted by Gasteiger charge is 2.31. The number of pyridine rings is 1. The molecule has 0 aliphatic rings. The highest BCUT2D eigenvalue weighted by molar-refractivity contribution is 5.93. The Morgan fingerprint density at radius 3 is 2.50 bits per heavy atom. The molecule has 24 heavy (non-hydrogen) atoms. The molecular formula is C18H11F3N2O. The molecule has 0 N–H and O–H groups in total. The molecule has 0 amide bonds. The van der Waals surface area contributed by atoms with Crippen LogP contribution < -0.4 is 4.74 Å². The van der Waals surface area contributed by atoms with Gasteiger partial charge in [0, 0.05) is 5.39 Å². The zero-order valence-electron chi connectivity index (χ0n) is 12.6. The van der Waals surface area contributed by atoms with Crippen molar-refractivity contribution in [3.8, 4) is 23.1 Å². The second-order valence-corrected chi connectivity index (χ2v) is 5.08. The molecule has 0 unspecified atom stereocenters. The van der Waals surface area contributed by atoms with E-state index in [-0.39, 0.29) is 22.6 Å². The van der Waals surface area contributed by atoms with Gasteiger partial charge in [-0.3, -0.25) is 0 Å². The predicted molar refractivity (Wildman–Crippen MR) is 83.4 cm³/mol. The molecule has 0 fully saturated rings. The van der Waals surface area contributed by atoms with Crippen LogP contribution in [0.3, 0.4) is 0 Å². The van der Waals surface area contributed by atoms with Gasteiger partial charge in [-0.05, 0) is 23.8 Å². The molecule has 0 saturated carbocycles. The van der Waals surface area contributed by atoms with E-state index in [0.717, 1.165) is 12.1 Å². The van der Waals surface area contributed by atoms with E-state index in [2.05, 4.69) is 11.1 Å². The Balaban J connectivity index is 2.36. The van der Waals surface area contributed by atoms with Gasteiger partial charge in [-0.2, -0.15) is 18.4 Å². The number of nitrogens with zero attached hydrogens (tertiary/aromatic N) is 2. The fourth-order valence-electron chi connectivity index (χ4n) is 2.57. The SMILES string of the molecule is COc1nc2ccccc2c(C#N)c1-c1cccc(C(F)(F)F)c1. The van der Waals surface area contributed by atoms with E-state index < -0.39 is 11.7 Å². The van der Waals surface area contributed by atoms with Crippen molar-refractivity contribution in [3.63, 3.8) is 0 Å². The first kappa shape index (κ1) is 15.8. The quantitative estimate of drug-likeness (QED) is 0.679. The minimum Gasteiger partial charge on any atom is -0.480 e. The topological polar surface area (TPSA) is 45.9 Å². The summed E-state index contributed by atoms with van der Waals surface area (Å²) in [6.07, 6.45) is -4.47. The minimum absolute atomic E-state index is 0.115. The van der Waals surface area contributed by atoms with Gasteiger partial charge in [0.2, 0.25) is 5.88 Å². The number of hydrogen-bond acceptors (Lipinski definition) is 3. The van der Waals surface area contributed by atoms with Crippen LogP contribution in [-0.2, 0) is 6.18 Å². The number of rotatable bonds is 2. The molecule has 6 heteroatoms. The number of benzene rings is 2. The summed E-state index contributed by atoms with van der Waals surface area (Å²) >= 11 is 0. The van der Waals surface area contributed by atoms with Gasteiger partial charge in [-0.15, -0.1) is 0 Å². The number of alkyl halides is 3. The van der Waals surface area contributed by atoms with E-state index >= 15 is 0 Å². The van der Waals surface area contributed by atoms with Crippen molar-refractivity contribution in [1.29, 1.82) is 5.26 Å². The maximum absolute atomic E-state index is 13.0. The van der Waals surface area contributed by atoms with Crippen LogP contribution in [0, 0.1) is 11.3 Å². The first-order valence-corrected chi connectivity index (χ1v) is 7.00.